The Balaban J connectivity index is 0.00000243. The number of halogens is 5. The van der Waals surface area contributed by atoms with Crippen LogP contribution in [0.4, 0.5) is 17.6 Å². The second-order valence-electron chi connectivity index (χ2n) is 6.21. The Kier molecular flexibility index (Phi) is 6.49. The molecule has 2 aromatic rings. The van der Waals surface area contributed by atoms with Gasteiger partial charge in [-0.1, -0.05) is 0 Å². The maximum Gasteiger partial charge on any atom is 0.177 e. The Hall–Kier alpha value is -1.42. The van der Waals surface area contributed by atoms with Gasteiger partial charge in [0.1, 0.15) is 0 Å². The topological polar surface area (TPSA) is 44.2 Å². The molecule has 1 aromatic heterocycles. The molecule has 1 aliphatic rings. The molecule has 1 aliphatic heterocycles. The van der Waals surface area contributed by atoms with Crippen molar-refractivity contribution in [1.29, 1.82) is 0 Å². The molecule has 4 nitrogen and oxygen atoms in total. The molecule has 1 atom stereocenters. The Bertz CT molecular complexity index is 844. The lowest BCUT2D eigenvalue weighted by Crippen LogP contribution is -2.22. The van der Waals surface area contributed by atoms with Crippen LogP contribution in [0.3, 0.4) is 0 Å². The third-order valence-electron chi connectivity index (χ3n) is 4.48. The van der Waals surface area contributed by atoms with Gasteiger partial charge in [-0.15, -0.1) is 12.4 Å². The number of benzene rings is 1. The first-order valence-electron chi connectivity index (χ1n) is 7.76. The number of rotatable bonds is 5. The van der Waals surface area contributed by atoms with E-state index in [1.807, 2.05) is 11.9 Å². The van der Waals surface area contributed by atoms with E-state index in [9.17, 15) is 17.6 Å². The Morgan fingerprint density at radius 3 is 2.46 bits per heavy atom. The molecule has 0 radical (unpaired) electrons. The number of fused-ring (bicyclic) bond motifs is 1. The monoisotopic (exact) mass is 411 g/mol. The van der Waals surface area contributed by atoms with Gasteiger partial charge in [0, 0.05) is 42.9 Å². The molecule has 0 fully saturated rings. The fourth-order valence-corrected chi connectivity index (χ4v) is 3.60. The largest absolute Gasteiger partial charge is 0.395 e. The average molecular weight is 412 g/mol. The van der Waals surface area contributed by atoms with E-state index in [0.717, 1.165) is 11.4 Å². The van der Waals surface area contributed by atoms with Crippen molar-refractivity contribution < 1.29 is 22.7 Å². The summed E-state index contributed by atoms with van der Waals surface area (Å²) in [4.78, 5) is 4.91. The highest BCUT2D eigenvalue weighted by atomic mass is 35.5. The maximum atomic E-state index is 14.1. The number of aromatic amines is 1. The summed E-state index contributed by atoms with van der Waals surface area (Å²) in [7, 11) is 1.81. The zero-order valence-electron chi connectivity index (χ0n) is 13.9. The Morgan fingerprint density at radius 2 is 1.88 bits per heavy atom. The Labute approximate surface area is 158 Å². The summed E-state index contributed by atoms with van der Waals surface area (Å²) < 4.78 is 57.2. The molecule has 1 unspecified atom stereocenters. The standard InChI is InChI=1S/C16H17F4N3OS.ClH/c1-22(2-3-24)7-11-12-4-8(6-23(12)16(25)21-11)13-14(19)9(17)5-10(18)15(13)20;/h5,8,24H,2-4,6-7H2,1H3,(H,21,25);1H. The summed E-state index contributed by atoms with van der Waals surface area (Å²) in [5, 5.41) is 8.99. The SMILES string of the molecule is CN(CCO)Cc1[nH]c(=S)n2c1CC(c1c(F)c(F)cc(F)c1F)C2.Cl. The number of likely N-dealkylation sites (N-methyl/N-ethyl adjacent to an activating group) is 1. The smallest absolute Gasteiger partial charge is 0.177 e. The van der Waals surface area contributed by atoms with Crippen LogP contribution in [0.1, 0.15) is 22.9 Å². The molecule has 0 spiro atoms. The third-order valence-corrected chi connectivity index (χ3v) is 4.81. The molecule has 26 heavy (non-hydrogen) atoms. The van der Waals surface area contributed by atoms with E-state index in [1.54, 1.807) is 4.57 Å². The van der Waals surface area contributed by atoms with Crippen LogP contribution in [0, 0.1) is 28.0 Å². The number of hydrogen-bond acceptors (Lipinski definition) is 3. The average Bonchev–Trinajstić information content (AvgIpc) is 3.08. The number of H-pyrrole nitrogens is 1. The van der Waals surface area contributed by atoms with Crippen LogP contribution in [0.15, 0.2) is 6.07 Å². The molecule has 144 valence electrons. The first kappa shape index (κ1) is 20.9. The normalized spacial score (nSPS) is 16.0. The predicted molar refractivity (Wildman–Crippen MR) is 93.0 cm³/mol. The number of nitrogens with one attached hydrogen (secondary N) is 1. The van der Waals surface area contributed by atoms with Crippen molar-refractivity contribution in [2.24, 2.45) is 0 Å². The number of aliphatic hydroxyl groups is 1. The third kappa shape index (κ3) is 3.66. The summed E-state index contributed by atoms with van der Waals surface area (Å²) in [5.41, 5.74) is 0.940. The highest BCUT2D eigenvalue weighted by Crippen LogP contribution is 2.36. The molecular weight excluding hydrogens is 394 g/mol. The minimum Gasteiger partial charge on any atom is -0.395 e. The second kappa shape index (κ2) is 8.08. The minimum absolute atomic E-state index is 0. The molecule has 10 heteroatoms. The molecule has 0 aliphatic carbocycles. The number of hydrogen-bond donors (Lipinski definition) is 2. The minimum atomic E-state index is -1.40. The van der Waals surface area contributed by atoms with Crippen molar-refractivity contribution in [1.82, 2.24) is 14.5 Å². The van der Waals surface area contributed by atoms with Gasteiger partial charge in [-0.25, -0.2) is 17.6 Å². The van der Waals surface area contributed by atoms with Crippen LogP contribution in [0.25, 0.3) is 0 Å². The number of imidazole rings is 1. The van der Waals surface area contributed by atoms with E-state index in [2.05, 4.69) is 4.98 Å². The summed E-state index contributed by atoms with van der Waals surface area (Å²) in [5.74, 6) is -6.26. The van der Waals surface area contributed by atoms with Crippen LogP contribution in [-0.2, 0) is 19.5 Å². The predicted octanol–water partition coefficient (Wildman–Crippen LogP) is 3.29. The van der Waals surface area contributed by atoms with Crippen molar-refractivity contribution in [3.63, 3.8) is 0 Å². The molecular formula is C16H18ClF4N3OS. The van der Waals surface area contributed by atoms with Gasteiger partial charge in [0.05, 0.1) is 12.3 Å². The van der Waals surface area contributed by atoms with Gasteiger partial charge in [-0.05, 0) is 25.7 Å². The number of nitrogens with zero attached hydrogens (tertiary/aromatic N) is 2. The van der Waals surface area contributed by atoms with E-state index in [0.29, 0.717) is 17.9 Å². The van der Waals surface area contributed by atoms with E-state index in [-0.39, 0.29) is 38.0 Å². The van der Waals surface area contributed by atoms with Gasteiger partial charge in [-0.2, -0.15) is 0 Å². The lowest BCUT2D eigenvalue weighted by atomic mass is 9.95. The molecule has 2 heterocycles. The van der Waals surface area contributed by atoms with Crippen molar-refractivity contribution >= 4 is 24.6 Å². The second-order valence-corrected chi connectivity index (χ2v) is 6.60. The van der Waals surface area contributed by atoms with Crippen LogP contribution >= 0.6 is 24.6 Å². The van der Waals surface area contributed by atoms with Crippen molar-refractivity contribution in [3.8, 4) is 0 Å². The van der Waals surface area contributed by atoms with E-state index in [4.69, 9.17) is 17.3 Å². The molecule has 0 saturated heterocycles. The van der Waals surface area contributed by atoms with Crippen molar-refractivity contribution in [2.45, 2.75) is 25.4 Å². The fourth-order valence-electron chi connectivity index (χ4n) is 3.29. The van der Waals surface area contributed by atoms with E-state index in [1.165, 1.54) is 0 Å². The van der Waals surface area contributed by atoms with Gasteiger partial charge in [0.15, 0.2) is 28.0 Å². The van der Waals surface area contributed by atoms with Gasteiger partial charge >= 0.3 is 0 Å². The summed E-state index contributed by atoms with van der Waals surface area (Å²) in [6.45, 7) is 1.05. The van der Waals surface area contributed by atoms with Crippen molar-refractivity contribution in [3.05, 3.63) is 51.1 Å². The summed E-state index contributed by atoms with van der Waals surface area (Å²) in [6, 6.07) is 0.213. The lowest BCUT2D eigenvalue weighted by Gasteiger charge is -2.15. The number of aliphatic hydroxyl groups excluding tert-OH is 1. The maximum absolute atomic E-state index is 14.1. The highest BCUT2D eigenvalue weighted by molar-refractivity contribution is 7.71. The van der Waals surface area contributed by atoms with Gasteiger partial charge < -0.3 is 14.7 Å². The van der Waals surface area contributed by atoms with Crippen LogP contribution in [0.5, 0.6) is 0 Å². The van der Waals surface area contributed by atoms with Crippen LogP contribution in [0.2, 0.25) is 0 Å². The molecule has 0 amide bonds. The van der Waals surface area contributed by atoms with Gasteiger partial charge in [0.2, 0.25) is 0 Å². The quantitative estimate of drug-likeness (QED) is 0.451. The fraction of sp³-hybridized carbons (Fsp3) is 0.438. The first-order chi connectivity index (χ1) is 11.8. The van der Waals surface area contributed by atoms with E-state index < -0.39 is 34.8 Å². The summed E-state index contributed by atoms with van der Waals surface area (Å²) in [6.07, 6.45) is 0.214. The highest BCUT2D eigenvalue weighted by Gasteiger charge is 2.33. The van der Waals surface area contributed by atoms with E-state index >= 15 is 0 Å². The van der Waals surface area contributed by atoms with Crippen LogP contribution < -0.4 is 0 Å². The summed E-state index contributed by atoms with van der Waals surface area (Å²) >= 11 is 5.24. The lowest BCUT2D eigenvalue weighted by molar-refractivity contribution is 0.216. The molecule has 2 N–H and O–H groups in total. The molecule has 0 bridgehead atoms. The van der Waals surface area contributed by atoms with Gasteiger partial charge in [-0.3, -0.25) is 4.90 Å². The zero-order valence-corrected chi connectivity index (χ0v) is 15.5. The van der Waals surface area contributed by atoms with Crippen molar-refractivity contribution in [2.75, 3.05) is 20.2 Å². The molecule has 1 aromatic carbocycles. The van der Waals surface area contributed by atoms with Gasteiger partial charge in [0.25, 0.3) is 0 Å². The number of aromatic nitrogens is 2. The first-order valence-corrected chi connectivity index (χ1v) is 8.17. The zero-order chi connectivity index (χ0) is 18.3. The molecule has 3 rings (SSSR count). The van der Waals surface area contributed by atoms with Crippen LogP contribution in [-0.4, -0.2) is 39.8 Å². The Morgan fingerprint density at radius 1 is 1.27 bits per heavy atom. The molecule has 0 saturated carbocycles.